The lowest BCUT2D eigenvalue weighted by Gasteiger charge is -2.06. The van der Waals surface area contributed by atoms with Crippen LogP contribution >= 0.6 is 0 Å². The van der Waals surface area contributed by atoms with E-state index in [1.165, 1.54) is 0 Å². The molecule has 7 heteroatoms. The third kappa shape index (κ3) is 4.42. The number of hydrogen-bond acceptors (Lipinski definition) is 3. The molecule has 0 aliphatic heterocycles. The number of sulfonamides is 1. The molecule has 0 fully saturated rings. The van der Waals surface area contributed by atoms with Gasteiger partial charge in [-0.2, -0.15) is 4.72 Å². The molecule has 3 aromatic carbocycles. The zero-order valence-electron chi connectivity index (χ0n) is 14.1. The van der Waals surface area contributed by atoms with Gasteiger partial charge in [-0.25, -0.2) is 17.2 Å². The predicted molar refractivity (Wildman–Crippen MR) is 98.8 cm³/mol. The Kier molecular flexibility index (Phi) is 5.69. The molecule has 138 valence electrons. The van der Waals surface area contributed by atoms with Crippen LogP contribution in [0.2, 0.25) is 0 Å². The molecule has 27 heavy (non-hydrogen) atoms. The van der Waals surface area contributed by atoms with E-state index in [0.717, 1.165) is 29.0 Å². The van der Waals surface area contributed by atoms with Gasteiger partial charge in [0.2, 0.25) is 10.0 Å². The summed E-state index contributed by atoms with van der Waals surface area (Å²) in [5.74, 6) is 3.57. The van der Waals surface area contributed by atoms with Gasteiger partial charge in [0.15, 0.2) is 4.90 Å². The maximum Gasteiger partial charge on any atom is 0.247 e. The highest BCUT2D eigenvalue weighted by Crippen LogP contribution is 2.24. The summed E-state index contributed by atoms with van der Waals surface area (Å²) < 4.78 is 58.8. The average molecular weight is 387 g/mol. The van der Waals surface area contributed by atoms with Crippen molar-refractivity contribution in [3.8, 4) is 17.6 Å². The number of rotatable bonds is 5. The van der Waals surface area contributed by atoms with E-state index in [1.807, 2.05) is 47.2 Å². The first-order valence-corrected chi connectivity index (χ1v) is 9.47. The van der Waals surface area contributed by atoms with Crippen LogP contribution in [0.25, 0.3) is 10.8 Å². The van der Waals surface area contributed by atoms with Crippen molar-refractivity contribution in [1.82, 2.24) is 4.72 Å². The highest BCUT2D eigenvalue weighted by atomic mass is 32.2. The second kappa shape index (κ2) is 8.16. The highest BCUT2D eigenvalue weighted by molar-refractivity contribution is 7.89. The molecule has 0 unspecified atom stereocenters. The van der Waals surface area contributed by atoms with Gasteiger partial charge in [-0.3, -0.25) is 0 Å². The normalized spacial score (nSPS) is 11.0. The summed E-state index contributed by atoms with van der Waals surface area (Å²) in [6.45, 7) is -0.251. The van der Waals surface area contributed by atoms with Gasteiger partial charge < -0.3 is 4.74 Å². The van der Waals surface area contributed by atoms with Gasteiger partial charge in [-0.1, -0.05) is 54.3 Å². The van der Waals surface area contributed by atoms with E-state index in [4.69, 9.17) is 4.74 Å². The van der Waals surface area contributed by atoms with Crippen LogP contribution in [0.15, 0.2) is 65.6 Å². The van der Waals surface area contributed by atoms with Crippen LogP contribution in [-0.2, 0) is 10.0 Å². The second-order valence-electron chi connectivity index (χ2n) is 5.49. The summed E-state index contributed by atoms with van der Waals surface area (Å²) in [6, 6.07) is 16.2. The number of halogens is 2. The van der Waals surface area contributed by atoms with Crippen molar-refractivity contribution in [1.29, 1.82) is 0 Å². The third-order valence-corrected chi connectivity index (χ3v) is 5.16. The number of hydrogen-bond donors (Lipinski definition) is 1. The lowest BCUT2D eigenvalue weighted by molar-refractivity contribution is 0.374. The molecule has 0 amide bonds. The Morgan fingerprint density at radius 1 is 0.889 bits per heavy atom. The quantitative estimate of drug-likeness (QED) is 0.682. The smallest absolute Gasteiger partial charge is 0.247 e. The predicted octanol–water partition coefficient (Wildman–Crippen LogP) is 3.48. The van der Waals surface area contributed by atoms with E-state index in [9.17, 15) is 17.2 Å². The fraction of sp³-hybridized carbons (Fsp3) is 0.100. The molecule has 0 radical (unpaired) electrons. The molecule has 0 bridgehead atoms. The van der Waals surface area contributed by atoms with Crippen molar-refractivity contribution in [2.75, 3.05) is 13.2 Å². The Morgan fingerprint density at radius 3 is 2.33 bits per heavy atom. The maximum absolute atomic E-state index is 13.6. The highest BCUT2D eigenvalue weighted by Gasteiger charge is 2.22. The summed E-state index contributed by atoms with van der Waals surface area (Å²) in [5.41, 5.74) is 0. The molecular weight excluding hydrogens is 372 g/mol. The van der Waals surface area contributed by atoms with Gasteiger partial charge in [0, 0.05) is 5.39 Å². The molecule has 1 N–H and O–H groups in total. The number of benzene rings is 3. The molecule has 0 aliphatic rings. The van der Waals surface area contributed by atoms with Crippen LogP contribution in [0.1, 0.15) is 0 Å². The van der Waals surface area contributed by atoms with E-state index >= 15 is 0 Å². The first kappa shape index (κ1) is 18.8. The molecule has 0 spiro atoms. The van der Waals surface area contributed by atoms with E-state index in [1.54, 1.807) is 0 Å². The van der Waals surface area contributed by atoms with Gasteiger partial charge in [-0.05, 0) is 23.6 Å². The van der Waals surface area contributed by atoms with Crippen LogP contribution in [-0.4, -0.2) is 21.6 Å². The fourth-order valence-corrected chi connectivity index (χ4v) is 3.55. The molecule has 0 aliphatic carbocycles. The van der Waals surface area contributed by atoms with E-state index in [2.05, 4.69) is 11.8 Å². The fourth-order valence-electron chi connectivity index (χ4n) is 2.49. The molecule has 0 heterocycles. The zero-order chi connectivity index (χ0) is 19.3. The molecule has 3 aromatic rings. The number of fused-ring (bicyclic) bond motifs is 1. The van der Waals surface area contributed by atoms with Crippen LogP contribution in [0.4, 0.5) is 8.78 Å². The number of ether oxygens (including phenoxy) is 1. The second-order valence-corrected chi connectivity index (χ2v) is 7.20. The standard InChI is InChI=1S/C20H15F2NO3S/c21-17-10-6-11-18(22)20(17)27(24,25)23-13-3-4-14-26-19-12-5-8-15-7-1-2-9-16(15)19/h1-2,5-12,23H,13-14H2. The topological polar surface area (TPSA) is 55.4 Å². The van der Waals surface area contributed by atoms with Gasteiger partial charge >= 0.3 is 0 Å². The van der Waals surface area contributed by atoms with Crippen LogP contribution < -0.4 is 9.46 Å². The van der Waals surface area contributed by atoms with Gasteiger partial charge in [0.1, 0.15) is 24.0 Å². The van der Waals surface area contributed by atoms with Gasteiger partial charge in [0.25, 0.3) is 0 Å². The van der Waals surface area contributed by atoms with Gasteiger partial charge in [0.05, 0.1) is 6.54 Å². The Bertz CT molecular complexity index is 1110. The summed E-state index contributed by atoms with van der Waals surface area (Å²) in [7, 11) is -4.33. The monoisotopic (exact) mass is 387 g/mol. The first-order chi connectivity index (χ1) is 13.0. The van der Waals surface area contributed by atoms with Crippen LogP contribution in [0.5, 0.6) is 5.75 Å². The number of nitrogens with one attached hydrogen (secondary N) is 1. The Balaban J connectivity index is 1.60. The van der Waals surface area contributed by atoms with E-state index < -0.39 is 26.6 Å². The summed E-state index contributed by atoms with van der Waals surface area (Å²) >= 11 is 0. The van der Waals surface area contributed by atoms with Crippen molar-refractivity contribution in [3.05, 3.63) is 72.3 Å². The van der Waals surface area contributed by atoms with Crippen molar-refractivity contribution < 1.29 is 21.9 Å². The molecular formula is C20H15F2NO3S. The Morgan fingerprint density at radius 2 is 1.56 bits per heavy atom. The minimum atomic E-state index is -4.33. The SMILES string of the molecule is O=S(=O)(NCC#CCOc1cccc2ccccc12)c1c(F)cccc1F. The van der Waals surface area contributed by atoms with Crippen LogP contribution in [0, 0.1) is 23.5 Å². The van der Waals surface area contributed by atoms with Crippen LogP contribution in [0.3, 0.4) is 0 Å². The Hall–Kier alpha value is -2.95. The lowest BCUT2D eigenvalue weighted by atomic mass is 10.1. The molecule has 0 saturated carbocycles. The Labute approximate surface area is 155 Å². The largest absolute Gasteiger partial charge is 0.480 e. The van der Waals surface area contributed by atoms with Crippen molar-refractivity contribution in [2.24, 2.45) is 0 Å². The summed E-state index contributed by atoms with van der Waals surface area (Å²) in [5, 5.41) is 1.97. The van der Waals surface area contributed by atoms with Crippen molar-refractivity contribution in [2.45, 2.75) is 4.90 Å². The van der Waals surface area contributed by atoms with Crippen molar-refractivity contribution in [3.63, 3.8) is 0 Å². The third-order valence-electron chi connectivity index (χ3n) is 3.71. The molecule has 0 aromatic heterocycles. The summed E-state index contributed by atoms with van der Waals surface area (Å²) in [6.07, 6.45) is 0. The molecule has 0 saturated heterocycles. The van der Waals surface area contributed by atoms with Gasteiger partial charge in [-0.15, -0.1) is 0 Å². The van der Waals surface area contributed by atoms with Crippen molar-refractivity contribution >= 4 is 20.8 Å². The van der Waals surface area contributed by atoms with E-state index in [-0.39, 0.29) is 13.2 Å². The minimum absolute atomic E-state index is 0.0454. The minimum Gasteiger partial charge on any atom is -0.480 e. The summed E-state index contributed by atoms with van der Waals surface area (Å²) in [4.78, 5) is -1.01. The first-order valence-electron chi connectivity index (χ1n) is 7.99. The zero-order valence-corrected chi connectivity index (χ0v) is 14.9. The molecule has 4 nitrogen and oxygen atoms in total. The lowest BCUT2D eigenvalue weighted by Crippen LogP contribution is -2.26. The average Bonchev–Trinajstić information content (AvgIpc) is 2.64. The van der Waals surface area contributed by atoms with E-state index in [0.29, 0.717) is 5.75 Å². The molecule has 0 atom stereocenters. The maximum atomic E-state index is 13.6. The molecule has 3 rings (SSSR count).